The van der Waals surface area contributed by atoms with E-state index in [2.05, 4.69) is 22.2 Å². The number of likely N-dealkylation sites (N-methyl/N-ethyl adjacent to an activating group) is 1. The van der Waals surface area contributed by atoms with Crippen LogP contribution in [0, 0.1) is 5.92 Å². The number of carbonyl (C=O) groups excluding carboxylic acids is 1. The smallest absolute Gasteiger partial charge is 0.321 e. The average Bonchev–Trinajstić information content (AvgIpc) is 2.84. The van der Waals surface area contributed by atoms with Crippen LogP contribution in [0.3, 0.4) is 0 Å². The van der Waals surface area contributed by atoms with Crippen LogP contribution in [-0.2, 0) is 0 Å². The Morgan fingerprint density at radius 2 is 1.72 bits per heavy atom. The van der Waals surface area contributed by atoms with E-state index in [1.54, 1.807) is 7.11 Å². The molecule has 0 aliphatic carbocycles. The summed E-state index contributed by atoms with van der Waals surface area (Å²) in [7, 11) is 3.83. The fraction of sp³-hybridized carbons (Fsp3) is 0.480. The highest BCUT2D eigenvalue weighted by Gasteiger charge is 2.24. The second-order valence-corrected chi connectivity index (χ2v) is 8.66. The summed E-state index contributed by atoms with van der Waals surface area (Å²) < 4.78 is 11.5. The summed E-state index contributed by atoms with van der Waals surface area (Å²) in [6.45, 7) is 6.12. The highest BCUT2D eigenvalue weighted by molar-refractivity contribution is 5.90. The molecule has 0 aromatic heterocycles. The van der Waals surface area contributed by atoms with E-state index in [4.69, 9.17) is 9.47 Å². The van der Waals surface area contributed by atoms with Gasteiger partial charge in [-0.25, -0.2) is 4.79 Å². The first kappa shape index (κ1) is 22.3. The molecule has 2 aliphatic rings. The van der Waals surface area contributed by atoms with Gasteiger partial charge in [-0.2, -0.15) is 0 Å². The monoisotopic (exact) mass is 438 g/mol. The molecule has 0 unspecified atom stereocenters. The number of methoxy groups -OCH3 is 1. The van der Waals surface area contributed by atoms with Gasteiger partial charge in [-0.05, 0) is 56.1 Å². The Balaban J connectivity index is 1.30. The number of urea groups is 1. The van der Waals surface area contributed by atoms with Crippen molar-refractivity contribution in [3.63, 3.8) is 0 Å². The second-order valence-electron chi connectivity index (χ2n) is 8.66. The first-order valence-corrected chi connectivity index (χ1v) is 11.5. The van der Waals surface area contributed by atoms with E-state index in [-0.39, 0.29) is 6.03 Å². The van der Waals surface area contributed by atoms with Crippen LogP contribution in [0.5, 0.6) is 11.5 Å². The van der Waals surface area contributed by atoms with Crippen molar-refractivity contribution < 1.29 is 14.3 Å². The van der Waals surface area contributed by atoms with Crippen LogP contribution in [-0.4, -0.2) is 75.9 Å². The van der Waals surface area contributed by atoms with Crippen molar-refractivity contribution in [1.82, 2.24) is 9.80 Å². The molecule has 32 heavy (non-hydrogen) atoms. The number of carbonyl (C=O) groups is 1. The minimum atomic E-state index is -0.0399. The van der Waals surface area contributed by atoms with Crippen molar-refractivity contribution in [3.8, 4) is 11.5 Å². The van der Waals surface area contributed by atoms with Crippen molar-refractivity contribution in [2.45, 2.75) is 12.8 Å². The number of anilines is 2. The summed E-state index contributed by atoms with van der Waals surface area (Å²) in [5.74, 6) is 2.22. The lowest BCUT2D eigenvalue weighted by Crippen LogP contribution is -2.44. The van der Waals surface area contributed by atoms with Gasteiger partial charge in [0.2, 0.25) is 0 Å². The lowest BCUT2D eigenvalue weighted by molar-refractivity contribution is 0.152. The van der Waals surface area contributed by atoms with Crippen LogP contribution in [0.15, 0.2) is 48.5 Å². The number of para-hydroxylation sites is 1. The van der Waals surface area contributed by atoms with Gasteiger partial charge in [-0.15, -0.1) is 0 Å². The van der Waals surface area contributed by atoms with Crippen molar-refractivity contribution >= 4 is 17.4 Å². The van der Waals surface area contributed by atoms with E-state index in [0.29, 0.717) is 12.5 Å². The summed E-state index contributed by atoms with van der Waals surface area (Å²) in [5, 5.41) is 3.09. The lowest BCUT2D eigenvalue weighted by Gasteiger charge is -2.35. The van der Waals surface area contributed by atoms with Gasteiger partial charge in [-0.1, -0.05) is 18.2 Å². The Hall–Kier alpha value is -2.93. The van der Waals surface area contributed by atoms with Gasteiger partial charge >= 0.3 is 6.03 Å². The molecule has 172 valence electrons. The van der Waals surface area contributed by atoms with E-state index in [0.717, 1.165) is 75.0 Å². The van der Waals surface area contributed by atoms with E-state index in [9.17, 15) is 4.79 Å². The molecule has 1 N–H and O–H groups in total. The number of piperazine rings is 1. The van der Waals surface area contributed by atoms with Crippen LogP contribution in [0.1, 0.15) is 12.8 Å². The normalized spacial score (nSPS) is 17.8. The number of nitrogens with one attached hydrogen (secondary N) is 1. The zero-order chi connectivity index (χ0) is 22.3. The summed E-state index contributed by atoms with van der Waals surface area (Å²) in [4.78, 5) is 19.4. The maximum Gasteiger partial charge on any atom is 0.321 e. The highest BCUT2D eigenvalue weighted by atomic mass is 16.5. The predicted octanol–water partition coefficient (Wildman–Crippen LogP) is 3.77. The van der Waals surface area contributed by atoms with Crippen LogP contribution in [0.25, 0.3) is 0 Å². The number of amides is 2. The van der Waals surface area contributed by atoms with E-state index < -0.39 is 0 Å². The fourth-order valence-corrected chi connectivity index (χ4v) is 4.30. The SMILES string of the molecule is COc1ccc(NC(=O)N2CCC(COc3ccccc3)CC2)cc1N1CCN(C)CC1. The van der Waals surface area contributed by atoms with Crippen molar-refractivity contribution in [2.75, 3.05) is 70.2 Å². The third-order valence-electron chi connectivity index (χ3n) is 6.40. The van der Waals surface area contributed by atoms with Crippen LogP contribution >= 0.6 is 0 Å². The zero-order valence-electron chi connectivity index (χ0n) is 19.1. The average molecular weight is 439 g/mol. The molecule has 0 bridgehead atoms. The molecular formula is C25H34N4O3. The van der Waals surface area contributed by atoms with Gasteiger partial charge in [0.25, 0.3) is 0 Å². The molecular weight excluding hydrogens is 404 g/mol. The van der Waals surface area contributed by atoms with Gasteiger partial charge < -0.3 is 29.5 Å². The third kappa shape index (κ3) is 5.65. The Bertz CT molecular complexity index is 876. The molecule has 4 rings (SSSR count). The minimum Gasteiger partial charge on any atom is -0.495 e. The maximum atomic E-state index is 12.9. The number of nitrogens with zero attached hydrogens (tertiary/aromatic N) is 3. The molecule has 7 heteroatoms. The minimum absolute atomic E-state index is 0.0399. The number of hydrogen-bond acceptors (Lipinski definition) is 5. The zero-order valence-corrected chi connectivity index (χ0v) is 19.1. The van der Waals surface area contributed by atoms with Crippen LogP contribution in [0.4, 0.5) is 16.2 Å². The summed E-state index contributed by atoms with van der Waals surface area (Å²) in [5.41, 5.74) is 1.84. The number of hydrogen-bond donors (Lipinski definition) is 1. The molecule has 2 aliphatic heterocycles. The molecule has 0 saturated carbocycles. The quantitative estimate of drug-likeness (QED) is 0.744. The van der Waals surface area contributed by atoms with Crippen molar-refractivity contribution in [1.29, 1.82) is 0 Å². The summed E-state index contributed by atoms with van der Waals surface area (Å²) in [6.07, 6.45) is 1.91. The maximum absolute atomic E-state index is 12.9. The fourth-order valence-electron chi connectivity index (χ4n) is 4.30. The van der Waals surface area contributed by atoms with E-state index >= 15 is 0 Å². The summed E-state index contributed by atoms with van der Waals surface area (Å²) in [6, 6.07) is 15.8. The molecule has 2 fully saturated rings. The van der Waals surface area contributed by atoms with Crippen molar-refractivity contribution in [3.05, 3.63) is 48.5 Å². The van der Waals surface area contributed by atoms with Gasteiger partial charge in [0.05, 0.1) is 19.4 Å². The number of ether oxygens (including phenoxy) is 2. The molecule has 0 spiro atoms. The van der Waals surface area contributed by atoms with Gasteiger partial charge in [0.15, 0.2) is 0 Å². The van der Waals surface area contributed by atoms with Crippen molar-refractivity contribution in [2.24, 2.45) is 5.92 Å². The number of piperidine rings is 1. The molecule has 2 aromatic rings. The Labute approximate surface area is 190 Å². The van der Waals surface area contributed by atoms with E-state index in [1.807, 2.05) is 53.4 Å². The molecule has 2 amide bonds. The Morgan fingerprint density at radius 3 is 2.41 bits per heavy atom. The molecule has 2 aromatic carbocycles. The van der Waals surface area contributed by atoms with E-state index in [1.165, 1.54) is 0 Å². The predicted molar refractivity (Wildman–Crippen MR) is 128 cm³/mol. The third-order valence-corrected chi connectivity index (χ3v) is 6.40. The van der Waals surface area contributed by atoms with Crippen LogP contribution in [0.2, 0.25) is 0 Å². The first-order valence-electron chi connectivity index (χ1n) is 11.5. The lowest BCUT2D eigenvalue weighted by atomic mass is 9.98. The number of likely N-dealkylation sites (tertiary alicyclic amines) is 1. The molecule has 2 saturated heterocycles. The molecule has 2 heterocycles. The summed E-state index contributed by atoms with van der Waals surface area (Å²) >= 11 is 0. The van der Waals surface area contributed by atoms with Crippen LogP contribution < -0.4 is 19.7 Å². The first-order chi connectivity index (χ1) is 15.6. The number of rotatable bonds is 6. The van der Waals surface area contributed by atoms with Gasteiger partial charge in [0.1, 0.15) is 11.5 Å². The Kier molecular flexibility index (Phi) is 7.37. The van der Waals surface area contributed by atoms with Gasteiger partial charge in [0, 0.05) is 45.0 Å². The Morgan fingerprint density at radius 1 is 1.00 bits per heavy atom. The topological polar surface area (TPSA) is 57.3 Å². The molecule has 7 nitrogen and oxygen atoms in total. The number of benzene rings is 2. The standard InChI is InChI=1S/C25H34N4O3/c1-27-14-16-28(17-15-27)23-18-21(8-9-24(23)31-2)26-25(30)29-12-10-20(11-13-29)19-32-22-6-4-3-5-7-22/h3-9,18,20H,10-17,19H2,1-2H3,(H,26,30). The molecule has 0 atom stereocenters. The van der Waals surface area contributed by atoms with Gasteiger partial charge in [-0.3, -0.25) is 0 Å². The largest absolute Gasteiger partial charge is 0.495 e. The highest BCUT2D eigenvalue weighted by Crippen LogP contribution is 2.32. The second kappa shape index (κ2) is 10.6. The molecule has 0 radical (unpaired) electrons.